The van der Waals surface area contributed by atoms with Crippen molar-refractivity contribution in [1.29, 1.82) is 0 Å². The first-order valence-electron chi connectivity index (χ1n) is 6.91. The molecule has 106 valence electrons. The van der Waals surface area contributed by atoms with E-state index in [1.54, 1.807) is 7.11 Å². The fourth-order valence-corrected chi connectivity index (χ4v) is 2.26. The van der Waals surface area contributed by atoms with Crippen LogP contribution in [-0.2, 0) is 11.3 Å². The Hall–Kier alpha value is -1.26. The highest BCUT2D eigenvalue weighted by Gasteiger charge is 2.14. The van der Waals surface area contributed by atoms with Crippen LogP contribution >= 0.6 is 0 Å². The lowest BCUT2D eigenvalue weighted by Crippen LogP contribution is -2.22. The van der Waals surface area contributed by atoms with Crippen LogP contribution in [0.25, 0.3) is 0 Å². The molecule has 0 aliphatic carbocycles. The van der Waals surface area contributed by atoms with Gasteiger partial charge in [0, 0.05) is 19.7 Å². The minimum absolute atomic E-state index is 0.648. The van der Waals surface area contributed by atoms with E-state index in [4.69, 9.17) is 14.2 Å². The Bertz CT molecular complexity index is 389. The molecule has 1 N–H and O–H groups in total. The first kappa shape index (κ1) is 14.2. The van der Waals surface area contributed by atoms with Crippen LogP contribution in [0.5, 0.6) is 11.5 Å². The lowest BCUT2D eigenvalue weighted by molar-refractivity contribution is 0.185. The standard InChI is InChI=1S/C15H23NO3/c1-3-19-14-5-4-12(8-15(14)17-2)9-16-10-13-6-7-18-11-13/h4-5,8,13,16H,3,6-7,9-11H2,1-2H3. The molecule has 0 aromatic heterocycles. The third-order valence-corrected chi connectivity index (χ3v) is 3.31. The summed E-state index contributed by atoms with van der Waals surface area (Å²) in [5, 5.41) is 3.47. The summed E-state index contributed by atoms with van der Waals surface area (Å²) >= 11 is 0. The van der Waals surface area contributed by atoms with Crippen LogP contribution in [0.1, 0.15) is 18.9 Å². The van der Waals surface area contributed by atoms with Crippen LogP contribution in [0.4, 0.5) is 0 Å². The van der Waals surface area contributed by atoms with Gasteiger partial charge in [-0.2, -0.15) is 0 Å². The number of rotatable bonds is 7. The number of benzene rings is 1. The molecule has 1 aromatic carbocycles. The van der Waals surface area contributed by atoms with Crippen molar-refractivity contribution in [3.63, 3.8) is 0 Å². The van der Waals surface area contributed by atoms with Gasteiger partial charge in [0.15, 0.2) is 11.5 Å². The van der Waals surface area contributed by atoms with Crippen LogP contribution in [0.2, 0.25) is 0 Å². The summed E-state index contributed by atoms with van der Waals surface area (Å²) in [5.41, 5.74) is 1.21. The molecule has 0 spiro atoms. The number of ether oxygens (including phenoxy) is 3. The van der Waals surface area contributed by atoms with Crippen molar-refractivity contribution in [2.45, 2.75) is 19.9 Å². The Morgan fingerprint density at radius 1 is 1.37 bits per heavy atom. The topological polar surface area (TPSA) is 39.7 Å². The van der Waals surface area contributed by atoms with Crippen molar-refractivity contribution in [1.82, 2.24) is 5.32 Å². The largest absolute Gasteiger partial charge is 0.493 e. The summed E-state index contributed by atoms with van der Waals surface area (Å²) < 4.78 is 16.2. The van der Waals surface area contributed by atoms with E-state index in [2.05, 4.69) is 11.4 Å². The molecular weight excluding hydrogens is 242 g/mol. The minimum Gasteiger partial charge on any atom is -0.493 e. The molecule has 2 rings (SSSR count). The minimum atomic E-state index is 0.648. The average Bonchev–Trinajstić information content (AvgIpc) is 2.94. The van der Waals surface area contributed by atoms with E-state index in [9.17, 15) is 0 Å². The summed E-state index contributed by atoms with van der Waals surface area (Å²) in [6.45, 7) is 6.27. The van der Waals surface area contributed by atoms with Gasteiger partial charge in [-0.25, -0.2) is 0 Å². The maximum atomic E-state index is 5.51. The molecule has 0 amide bonds. The fraction of sp³-hybridized carbons (Fsp3) is 0.600. The summed E-state index contributed by atoms with van der Waals surface area (Å²) in [4.78, 5) is 0. The van der Waals surface area contributed by atoms with Crippen LogP contribution in [0.15, 0.2) is 18.2 Å². The van der Waals surface area contributed by atoms with Crippen LogP contribution < -0.4 is 14.8 Å². The molecule has 0 radical (unpaired) electrons. The third kappa shape index (κ3) is 4.11. The van der Waals surface area contributed by atoms with E-state index < -0.39 is 0 Å². The average molecular weight is 265 g/mol. The Morgan fingerprint density at radius 2 is 2.26 bits per heavy atom. The molecule has 1 atom stereocenters. The first-order valence-corrected chi connectivity index (χ1v) is 6.91. The fourth-order valence-electron chi connectivity index (χ4n) is 2.26. The first-order chi connectivity index (χ1) is 9.33. The number of hydrogen-bond donors (Lipinski definition) is 1. The van der Waals surface area contributed by atoms with Crippen LogP contribution in [-0.4, -0.2) is 33.5 Å². The van der Waals surface area contributed by atoms with Crippen LogP contribution in [0, 0.1) is 5.92 Å². The van der Waals surface area contributed by atoms with Crippen molar-refractivity contribution >= 4 is 0 Å². The van der Waals surface area contributed by atoms with Gasteiger partial charge in [0.2, 0.25) is 0 Å². The summed E-state index contributed by atoms with van der Waals surface area (Å²) in [5.74, 6) is 2.26. The van der Waals surface area contributed by atoms with Gasteiger partial charge in [-0.15, -0.1) is 0 Å². The molecule has 1 aromatic rings. The van der Waals surface area contributed by atoms with Crippen molar-refractivity contribution in [2.24, 2.45) is 5.92 Å². The highest BCUT2D eigenvalue weighted by atomic mass is 16.5. The van der Waals surface area contributed by atoms with Gasteiger partial charge in [-0.1, -0.05) is 6.07 Å². The molecule has 1 aliphatic heterocycles. The van der Waals surface area contributed by atoms with Gasteiger partial charge in [-0.05, 0) is 37.0 Å². The summed E-state index contributed by atoms with van der Waals surface area (Å²) in [7, 11) is 1.67. The van der Waals surface area contributed by atoms with Gasteiger partial charge in [0.1, 0.15) is 0 Å². The molecule has 0 bridgehead atoms. The van der Waals surface area contributed by atoms with Gasteiger partial charge in [0.25, 0.3) is 0 Å². The lowest BCUT2D eigenvalue weighted by atomic mass is 10.1. The van der Waals surface area contributed by atoms with E-state index in [1.165, 1.54) is 12.0 Å². The highest BCUT2D eigenvalue weighted by Crippen LogP contribution is 2.28. The molecule has 1 unspecified atom stereocenters. The molecular formula is C15H23NO3. The van der Waals surface area contributed by atoms with Gasteiger partial charge < -0.3 is 19.5 Å². The highest BCUT2D eigenvalue weighted by molar-refractivity contribution is 5.42. The van der Waals surface area contributed by atoms with Gasteiger partial charge in [0.05, 0.1) is 20.3 Å². The third-order valence-electron chi connectivity index (χ3n) is 3.31. The van der Waals surface area contributed by atoms with Gasteiger partial charge in [-0.3, -0.25) is 0 Å². The van der Waals surface area contributed by atoms with Gasteiger partial charge >= 0.3 is 0 Å². The van der Waals surface area contributed by atoms with E-state index in [0.29, 0.717) is 12.5 Å². The second kappa shape index (κ2) is 7.36. The molecule has 1 fully saturated rings. The molecule has 4 nitrogen and oxygen atoms in total. The zero-order valence-electron chi connectivity index (χ0n) is 11.8. The Morgan fingerprint density at radius 3 is 2.95 bits per heavy atom. The molecule has 4 heteroatoms. The Kier molecular flexibility index (Phi) is 5.48. The molecule has 1 heterocycles. The van der Waals surface area contributed by atoms with E-state index in [1.807, 2.05) is 19.1 Å². The molecule has 1 aliphatic rings. The summed E-state index contributed by atoms with van der Waals surface area (Å²) in [6.07, 6.45) is 1.17. The maximum Gasteiger partial charge on any atom is 0.161 e. The monoisotopic (exact) mass is 265 g/mol. The van der Waals surface area contributed by atoms with E-state index >= 15 is 0 Å². The number of methoxy groups -OCH3 is 1. The second-order valence-corrected chi connectivity index (χ2v) is 4.78. The predicted octanol–water partition coefficient (Wildman–Crippen LogP) is 2.22. The number of hydrogen-bond acceptors (Lipinski definition) is 4. The van der Waals surface area contributed by atoms with Crippen molar-refractivity contribution in [3.05, 3.63) is 23.8 Å². The SMILES string of the molecule is CCOc1ccc(CNCC2CCOC2)cc1OC. The van der Waals surface area contributed by atoms with E-state index in [0.717, 1.165) is 37.8 Å². The second-order valence-electron chi connectivity index (χ2n) is 4.78. The van der Waals surface area contributed by atoms with Crippen molar-refractivity contribution in [2.75, 3.05) is 33.5 Å². The molecule has 19 heavy (non-hydrogen) atoms. The van der Waals surface area contributed by atoms with Crippen molar-refractivity contribution < 1.29 is 14.2 Å². The molecule has 1 saturated heterocycles. The Balaban J connectivity index is 1.85. The predicted molar refractivity (Wildman–Crippen MR) is 74.8 cm³/mol. The Labute approximate surface area is 115 Å². The quantitative estimate of drug-likeness (QED) is 0.820. The maximum absolute atomic E-state index is 5.51. The normalized spacial score (nSPS) is 18.5. The zero-order chi connectivity index (χ0) is 13.5. The van der Waals surface area contributed by atoms with Crippen molar-refractivity contribution in [3.8, 4) is 11.5 Å². The lowest BCUT2D eigenvalue weighted by Gasteiger charge is -2.12. The molecule has 0 saturated carbocycles. The van der Waals surface area contributed by atoms with E-state index in [-0.39, 0.29) is 0 Å². The summed E-state index contributed by atoms with van der Waals surface area (Å²) in [6, 6.07) is 6.08. The zero-order valence-corrected chi connectivity index (χ0v) is 11.8. The smallest absolute Gasteiger partial charge is 0.161 e. The number of nitrogens with one attached hydrogen (secondary N) is 1. The van der Waals surface area contributed by atoms with Crippen LogP contribution in [0.3, 0.4) is 0 Å².